The summed E-state index contributed by atoms with van der Waals surface area (Å²) in [5, 5.41) is 10.7. The molecule has 2 unspecified atom stereocenters. The number of esters is 4. The smallest absolute Gasteiger partial charge is 0.462 e. The van der Waals surface area contributed by atoms with E-state index in [0.717, 1.165) is 102 Å². The standard InChI is InChI=1S/C85H166O17P2/c1-7-9-11-13-15-17-19-21-23-27-32-35-39-43-49-55-61-67-82(87)95-73-80(101-84(89)69-64-58-51-45-41-37-33-29-26-25-28-30-34-38-42-47-53-59-65-77(3)4)75-99-103(91,92)97-71-79(86)72-98-104(93,94)100-76-81(74-96-83(88)68-62-56-52-46-48-54-60-66-78(5)6)102-85(90)70-63-57-50-44-40-36-31-24-22-20-18-16-14-12-10-8-2/h77-81,86H,7-76H2,1-6H3,(H,91,92)(H,93,94)/t79-,80-,81-/m1/s1. The molecule has 0 rings (SSSR count). The van der Waals surface area contributed by atoms with Gasteiger partial charge in [-0.1, -0.05) is 401 Å². The summed E-state index contributed by atoms with van der Waals surface area (Å²) in [6.07, 6.45) is 68.1. The van der Waals surface area contributed by atoms with Crippen LogP contribution in [0.15, 0.2) is 0 Å². The number of ether oxygens (including phenoxy) is 4. The Morgan fingerprint density at radius 2 is 0.442 bits per heavy atom. The molecular weight excluding hydrogens is 1350 g/mol. The molecule has 0 heterocycles. The second-order valence-corrected chi connectivity index (χ2v) is 34.4. The number of hydrogen-bond donors (Lipinski definition) is 3. The molecule has 618 valence electrons. The molecule has 5 atom stereocenters. The molecule has 3 N–H and O–H groups in total. The normalized spacial score (nSPS) is 13.8. The van der Waals surface area contributed by atoms with Gasteiger partial charge in [0.15, 0.2) is 12.2 Å². The molecule has 19 heteroatoms. The summed E-state index contributed by atoms with van der Waals surface area (Å²) in [6.45, 7) is 9.65. The van der Waals surface area contributed by atoms with Gasteiger partial charge in [0.1, 0.15) is 19.3 Å². The van der Waals surface area contributed by atoms with Gasteiger partial charge in [-0.2, -0.15) is 0 Å². The van der Waals surface area contributed by atoms with E-state index in [2.05, 4.69) is 41.5 Å². The number of phosphoric ester groups is 2. The van der Waals surface area contributed by atoms with Gasteiger partial charge in [0.25, 0.3) is 0 Å². The average molecular weight is 1520 g/mol. The third-order valence-corrected chi connectivity index (χ3v) is 21.9. The van der Waals surface area contributed by atoms with Gasteiger partial charge in [-0.25, -0.2) is 9.13 Å². The Labute approximate surface area is 638 Å². The molecule has 0 saturated carbocycles. The fraction of sp³-hybridized carbons (Fsp3) is 0.953. The van der Waals surface area contributed by atoms with Crippen LogP contribution in [-0.4, -0.2) is 96.7 Å². The van der Waals surface area contributed by atoms with E-state index in [1.54, 1.807) is 0 Å². The fourth-order valence-electron chi connectivity index (χ4n) is 13.2. The molecule has 0 aliphatic heterocycles. The highest BCUT2D eigenvalue weighted by molar-refractivity contribution is 7.47. The summed E-state index contributed by atoms with van der Waals surface area (Å²) in [5.41, 5.74) is 0. The van der Waals surface area contributed by atoms with E-state index in [1.807, 2.05) is 0 Å². The summed E-state index contributed by atoms with van der Waals surface area (Å²) in [6, 6.07) is 0. The van der Waals surface area contributed by atoms with Crippen LogP contribution in [0.5, 0.6) is 0 Å². The predicted molar refractivity (Wildman–Crippen MR) is 428 cm³/mol. The molecule has 0 aromatic carbocycles. The SMILES string of the molecule is CCCCCCCCCCCCCCCCCCCC(=O)OC[C@H](COP(=O)(O)OC[C@@H](O)COP(=O)(O)OC[C@@H](COC(=O)CCCCCCCCCC(C)C)OC(=O)CCCCCCCCCCCCCCCCCC)OC(=O)CCCCCCCCCCCCCCCCCCCCC(C)C. The number of hydrogen-bond acceptors (Lipinski definition) is 15. The lowest BCUT2D eigenvalue weighted by molar-refractivity contribution is -0.161. The van der Waals surface area contributed by atoms with E-state index in [-0.39, 0.29) is 25.7 Å². The number of carbonyl (C=O) groups excluding carboxylic acids is 4. The second kappa shape index (κ2) is 76.4. The highest BCUT2D eigenvalue weighted by Gasteiger charge is 2.30. The lowest BCUT2D eigenvalue weighted by Gasteiger charge is -2.21. The number of carbonyl (C=O) groups is 4. The summed E-state index contributed by atoms with van der Waals surface area (Å²) in [7, 11) is -9.93. The molecule has 0 amide bonds. The molecule has 0 spiro atoms. The highest BCUT2D eigenvalue weighted by atomic mass is 31.2. The molecule has 0 aliphatic carbocycles. The first-order valence-corrected chi connectivity index (χ1v) is 47.0. The van der Waals surface area contributed by atoms with Crippen molar-refractivity contribution in [3.05, 3.63) is 0 Å². The van der Waals surface area contributed by atoms with Crippen LogP contribution in [0.1, 0.15) is 452 Å². The van der Waals surface area contributed by atoms with Crippen molar-refractivity contribution in [2.45, 2.75) is 471 Å². The molecule has 0 bridgehead atoms. The molecular formula is C85H166O17P2. The van der Waals surface area contributed by atoms with Crippen LogP contribution >= 0.6 is 15.6 Å². The van der Waals surface area contributed by atoms with Crippen molar-refractivity contribution in [1.82, 2.24) is 0 Å². The van der Waals surface area contributed by atoms with Gasteiger partial charge < -0.3 is 33.8 Å². The Morgan fingerprint density at radius 3 is 0.654 bits per heavy atom. The van der Waals surface area contributed by atoms with Crippen LogP contribution in [0.3, 0.4) is 0 Å². The first kappa shape index (κ1) is 102. The number of aliphatic hydroxyl groups is 1. The van der Waals surface area contributed by atoms with Crippen LogP contribution in [0.25, 0.3) is 0 Å². The van der Waals surface area contributed by atoms with Gasteiger partial charge >= 0.3 is 39.5 Å². The maximum absolute atomic E-state index is 13.1. The summed E-state index contributed by atoms with van der Waals surface area (Å²) >= 11 is 0. The predicted octanol–water partition coefficient (Wildman–Crippen LogP) is 25.8. The zero-order valence-corrected chi connectivity index (χ0v) is 70.1. The largest absolute Gasteiger partial charge is 0.472 e. The van der Waals surface area contributed by atoms with Crippen molar-refractivity contribution < 1.29 is 80.2 Å². The Hall–Kier alpha value is -1.94. The van der Waals surface area contributed by atoms with Gasteiger partial charge in [0.2, 0.25) is 0 Å². The number of phosphoric acid groups is 2. The van der Waals surface area contributed by atoms with Crippen LogP contribution < -0.4 is 0 Å². The van der Waals surface area contributed by atoms with Gasteiger partial charge in [-0.15, -0.1) is 0 Å². The van der Waals surface area contributed by atoms with Crippen LogP contribution in [0, 0.1) is 11.8 Å². The van der Waals surface area contributed by atoms with E-state index in [4.69, 9.17) is 37.0 Å². The van der Waals surface area contributed by atoms with Crippen LogP contribution in [0.2, 0.25) is 0 Å². The molecule has 17 nitrogen and oxygen atoms in total. The minimum atomic E-state index is -4.96. The molecule has 0 aromatic heterocycles. The molecule has 0 saturated heterocycles. The van der Waals surface area contributed by atoms with Crippen molar-refractivity contribution in [2.75, 3.05) is 39.6 Å². The molecule has 0 fully saturated rings. The van der Waals surface area contributed by atoms with Crippen molar-refractivity contribution in [3.63, 3.8) is 0 Å². The summed E-state index contributed by atoms with van der Waals surface area (Å²) in [5.74, 6) is -0.578. The van der Waals surface area contributed by atoms with Gasteiger partial charge in [-0.3, -0.25) is 37.3 Å². The Morgan fingerprint density at radius 1 is 0.260 bits per heavy atom. The lowest BCUT2D eigenvalue weighted by Crippen LogP contribution is -2.30. The fourth-order valence-corrected chi connectivity index (χ4v) is 14.8. The maximum Gasteiger partial charge on any atom is 0.472 e. The lowest BCUT2D eigenvalue weighted by atomic mass is 10.0. The van der Waals surface area contributed by atoms with E-state index < -0.39 is 97.5 Å². The first-order valence-electron chi connectivity index (χ1n) is 44.0. The number of rotatable bonds is 84. The molecule has 104 heavy (non-hydrogen) atoms. The highest BCUT2D eigenvalue weighted by Crippen LogP contribution is 2.45. The Bertz CT molecular complexity index is 1990. The summed E-state index contributed by atoms with van der Waals surface area (Å²) in [4.78, 5) is 73.2. The van der Waals surface area contributed by atoms with Crippen molar-refractivity contribution in [3.8, 4) is 0 Å². The molecule has 0 aliphatic rings. The maximum atomic E-state index is 13.1. The van der Waals surface area contributed by atoms with Crippen LogP contribution in [0.4, 0.5) is 0 Å². The third kappa shape index (κ3) is 78.2. The van der Waals surface area contributed by atoms with E-state index >= 15 is 0 Å². The topological polar surface area (TPSA) is 237 Å². The zero-order valence-electron chi connectivity index (χ0n) is 68.3. The minimum Gasteiger partial charge on any atom is -0.462 e. The van der Waals surface area contributed by atoms with E-state index in [9.17, 15) is 43.2 Å². The zero-order chi connectivity index (χ0) is 76.4. The van der Waals surface area contributed by atoms with Crippen molar-refractivity contribution >= 4 is 39.5 Å². The van der Waals surface area contributed by atoms with E-state index in [0.29, 0.717) is 31.6 Å². The number of aliphatic hydroxyl groups excluding tert-OH is 1. The van der Waals surface area contributed by atoms with Crippen molar-refractivity contribution in [1.29, 1.82) is 0 Å². The quantitative estimate of drug-likeness (QED) is 0.0222. The van der Waals surface area contributed by atoms with Crippen molar-refractivity contribution in [2.24, 2.45) is 11.8 Å². The Balaban J connectivity index is 5.22. The number of unbranched alkanes of at least 4 members (excludes halogenated alkanes) is 54. The van der Waals surface area contributed by atoms with Gasteiger partial charge in [0.05, 0.1) is 26.4 Å². The first-order chi connectivity index (χ1) is 50.4. The van der Waals surface area contributed by atoms with Crippen LogP contribution in [-0.2, 0) is 65.4 Å². The molecule has 0 radical (unpaired) electrons. The third-order valence-electron chi connectivity index (χ3n) is 20.0. The average Bonchev–Trinajstić information content (AvgIpc) is 0.935. The minimum absolute atomic E-state index is 0.108. The summed E-state index contributed by atoms with van der Waals surface area (Å²) < 4.78 is 68.8. The Kier molecular flexibility index (Phi) is 75.0. The van der Waals surface area contributed by atoms with Gasteiger partial charge in [0, 0.05) is 25.7 Å². The second-order valence-electron chi connectivity index (χ2n) is 31.5. The monoisotopic (exact) mass is 1520 g/mol. The van der Waals surface area contributed by atoms with E-state index in [1.165, 1.54) is 263 Å². The molecule has 0 aromatic rings. The van der Waals surface area contributed by atoms with Gasteiger partial charge in [-0.05, 0) is 37.5 Å².